The molecular weight excluding hydrogens is 388 g/mol. The van der Waals surface area contributed by atoms with Gasteiger partial charge in [0.1, 0.15) is 17.7 Å². The van der Waals surface area contributed by atoms with E-state index < -0.39 is 23.6 Å². The minimum absolute atomic E-state index is 0. The highest BCUT2D eigenvalue weighted by molar-refractivity contribution is 5.98. The molecule has 2 amide bonds. The van der Waals surface area contributed by atoms with Gasteiger partial charge >= 0.3 is 0 Å². The van der Waals surface area contributed by atoms with Gasteiger partial charge in [0.15, 0.2) is 0 Å². The summed E-state index contributed by atoms with van der Waals surface area (Å²) in [5.41, 5.74) is -0.171. The van der Waals surface area contributed by atoms with Gasteiger partial charge in [0.05, 0.1) is 5.56 Å². The molecule has 28 heavy (non-hydrogen) atoms. The average Bonchev–Trinajstić information content (AvgIpc) is 3.04. The van der Waals surface area contributed by atoms with Crippen molar-refractivity contribution in [1.82, 2.24) is 15.5 Å². The summed E-state index contributed by atoms with van der Waals surface area (Å²) in [7, 11) is 1.85. The van der Waals surface area contributed by atoms with Gasteiger partial charge in [0, 0.05) is 18.7 Å². The molecule has 3 atom stereocenters. The van der Waals surface area contributed by atoms with Crippen LogP contribution in [0.25, 0.3) is 0 Å². The fourth-order valence-electron chi connectivity index (χ4n) is 4.38. The maximum absolute atomic E-state index is 14.2. The van der Waals surface area contributed by atoms with Crippen LogP contribution in [-0.2, 0) is 4.79 Å². The van der Waals surface area contributed by atoms with Gasteiger partial charge in [-0.1, -0.05) is 12.8 Å². The van der Waals surface area contributed by atoms with Crippen LogP contribution in [0.5, 0.6) is 0 Å². The molecule has 8 heteroatoms. The number of hydrogen-bond acceptors (Lipinski definition) is 3. The first-order chi connectivity index (χ1) is 13.0. The molecule has 5 nitrogen and oxygen atoms in total. The lowest BCUT2D eigenvalue weighted by Gasteiger charge is -2.33. The Balaban J connectivity index is 0.00000280. The predicted molar refractivity (Wildman–Crippen MR) is 105 cm³/mol. The number of nitrogens with one attached hydrogen (secondary N) is 2. The number of carbonyl (C=O) groups excluding carboxylic acids is 2. The van der Waals surface area contributed by atoms with E-state index in [0.29, 0.717) is 19.0 Å². The summed E-state index contributed by atoms with van der Waals surface area (Å²) in [5, 5.41) is 5.93. The van der Waals surface area contributed by atoms with Gasteiger partial charge in [-0.15, -0.1) is 12.4 Å². The van der Waals surface area contributed by atoms with Crippen LogP contribution in [0.3, 0.4) is 0 Å². The van der Waals surface area contributed by atoms with E-state index in [1.165, 1.54) is 6.07 Å². The van der Waals surface area contributed by atoms with Crippen molar-refractivity contribution < 1.29 is 18.4 Å². The predicted octanol–water partition coefficient (Wildman–Crippen LogP) is 2.89. The minimum atomic E-state index is -0.882. The molecule has 1 aromatic rings. The minimum Gasteiger partial charge on any atom is -0.354 e. The number of rotatable bonds is 6. The molecule has 0 spiro atoms. The van der Waals surface area contributed by atoms with Crippen molar-refractivity contribution in [1.29, 1.82) is 0 Å². The van der Waals surface area contributed by atoms with E-state index in [9.17, 15) is 18.4 Å². The summed E-state index contributed by atoms with van der Waals surface area (Å²) in [6.07, 6.45) is 5.28. The van der Waals surface area contributed by atoms with Gasteiger partial charge in [-0.2, -0.15) is 0 Å². The van der Waals surface area contributed by atoms with Gasteiger partial charge in [0.2, 0.25) is 5.91 Å². The van der Waals surface area contributed by atoms with Crippen LogP contribution in [0.2, 0.25) is 0 Å². The van der Waals surface area contributed by atoms with E-state index in [1.807, 2.05) is 7.05 Å². The number of amides is 2. The van der Waals surface area contributed by atoms with E-state index in [-0.39, 0.29) is 35.8 Å². The Morgan fingerprint density at radius 1 is 1.18 bits per heavy atom. The molecule has 0 bridgehead atoms. The Morgan fingerprint density at radius 2 is 1.93 bits per heavy atom. The molecule has 156 valence electrons. The van der Waals surface area contributed by atoms with Crippen LogP contribution in [0, 0.1) is 17.6 Å². The van der Waals surface area contributed by atoms with Crippen LogP contribution in [0.1, 0.15) is 48.9 Å². The van der Waals surface area contributed by atoms with Crippen molar-refractivity contribution in [3.05, 3.63) is 35.4 Å². The van der Waals surface area contributed by atoms with Crippen LogP contribution < -0.4 is 10.6 Å². The second kappa shape index (κ2) is 10.2. The lowest BCUT2D eigenvalue weighted by molar-refractivity contribution is -0.125. The van der Waals surface area contributed by atoms with E-state index in [1.54, 1.807) is 4.90 Å². The topological polar surface area (TPSA) is 61.4 Å². The molecule has 1 aliphatic heterocycles. The highest BCUT2D eigenvalue weighted by atomic mass is 35.5. The number of carbonyl (C=O) groups is 2. The zero-order chi connectivity index (χ0) is 19.4. The van der Waals surface area contributed by atoms with Gasteiger partial charge < -0.3 is 15.5 Å². The maximum Gasteiger partial charge on any atom is 0.257 e. The van der Waals surface area contributed by atoms with Crippen LogP contribution in [0.4, 0.5) is 8.78 Å². The van der Waals surface area contributed by atoms with Crippen molar-refractivity contribution in [3.63, 3.8) is 0 Å². The first-order valence-electron chi connectivity index (χ1n) is 9.73. The molecule has 2 N–H and O–H groups in total. The Kier molecular flexibility index (Phi) is 8.19. The standard InChI is InChI=1S/C20H27F2N3O2.ClH/c1-23-9-4-10-24-19(26)18-11-13-5-2-3-6-17(13)25(18)20(27)15-8-7-14(21)12-16(15)22;/h7-8,12-13,17-18,23H,2-6,9-11H2,1H3,(H,24,26);1H. The van der Waals surface area contributed by atoms with Crippen molar-refractivity contribution in [3.8, 4) is 0 Å². The molecule has 0 radical (unpaired) electrons. The normalized spacial score (nSPS) is 23.7. The summed E-state index contributed by atoms with van der Waals surface area (Å²) >= 11 is 0. The fourth-order valence-corrected chi connectivity index (χ4v) is 4.38. The first-order valence-corrected chi connectivity index (χ1v) is 9.73. The number of nitrogens with zero attached hydrogens (tertiary/aromatic N) is 1. The largest absolute Gasteiger partial charge is 0.354 e. The maximum atomic E-state index is 14.2. The third kappa shape index (κ3) is 4.81. The van der Waals surface area contributed by atoms with Crippen molar-refractivity contribution >= 4 is 24.2 Å². The van der Waals surface area contributed by atoms with Crippen LogP contribution in [-0.4, -0.2) is 48.9 Å². The quantitative estimate of drug-likeness (QED) is 0.702. The molecular formula is C20H28ClF2N3O2. The molecule has 1 saturated carbocycles. The Bertz CT molecular complexity index is 704. The van der Waals surface area contributed by atoms with Crippen LogP contribution >= 0.6 is 12.4 Å². The third-order valence-corrected chi connectivity index (χ3v) is 5.69. The fraction of sp³-hybridized carbons (Fsp3) is 0.600. The molecule has 2 aliphatic rings. The third-order valence-electron chi connectivity index (χ3n) is 5.69. The molecule has 0 aromatic heterocycles. The monoisotopic (exact) mass is 415 g/mol. The summed E-state index contributed by atoms with van der Waals surface area (Å²) in [6, 6.07) is 2.32. The van der Waals surface area contributed by atoms with E-state index >= 15 is 0 Å². The first kappa shape index (κ1) is 22.6. The lowest BCUT2D eigenvalue weighted by atomic mass is 9.84. The molecule has 3 rings (SSSR count). The van der Waals surface area contributed by atoms with E-state index in [0.717, 1.165) is 44.7 Å². The number of benzene rings is 1. The highest BCUT2D eigenvalue weighted by Crippen LogP contribution is 2.40. The Labute approximate surface area is 170 Å². The van der Waals surface area contributed by atoms with Gasteiger partial charge in [-0.3, -0.25) is 9.59 Å². The summed E-state index contributed by atoms with van der Waals surface area (Å²) in [5.74, 6) is -2.04. The molecule has 1 heterocycles. The number of fused-ring (bicyclic) bond motifs is 1. The molecule has 1 aliphatic carbocycles. The van der Waals surface area contributed by atoms with Crippen molar-refractivity contribution in [2.75, 3.05) is 20.1 Å². The Hall–Kier alpha value is -1.73. The zero-order valence-corrected chi connectivity index (χ0v) is 16.9. The summed E-state index contributed by atoms with van der Waals surface area (Å²) in [4.78, 5) is 27.4. The number of likely N-dealkylation sites (tertiary alicyclic amines) is 1. The summed E-state index contributed by atoms with van der Waals surface area (Å²) < 4.78 is 27.4. The number of halogens is 3. The van der Waals surface area contributed by atoms with Crippen LogP contribution in [0.15, 0.2) is 18.2 Å². The lowest BCUT2D eigenvalue weighted by Crippen LogP contribution is -2.50. The highest BCUT2D eigenvalue weighted by Gasteiger charge is 2.47. The van der Waals surface area contributed by atoms with Crippen molar-refractivity contribution in [2.24, 2.45) is 5.92 Å². The van der Waals surface area contributed by atoms with E-state index in [4.69, 9.17) is 0 Å². The molecule has 1 saturated heterocycles. The molecule has 1 aromatic carbocycles. The van der Waals surface area contributed by atoms with E-state index in [2.05, 4.69) is 10.6 Å². The SMILES string of the molecule is CNCCCNC(=O)C1CC2CCCCC2N1C(=O)c1ccc(F)cc1F.Cl. The average molecular weight is 416 g/mol. The number of hydrogen-bond donors (Lipinski definition) is 2. The second-order valence-electron chi connectivity index (χ2n) is 7.45. The molecule has 3 unspecified atom stereocenters. The van der Waals surface area contributed by atoms with Crippen molar-refractivity contribution in [2.45, 2.75) is 50.6 Å². The second-order valence-corrected chi connectivity index (χ2v) is 7.45. The van der Waals surface area contributed by atoms with Gasteiger partial charge in [-0.05, 0) is 57.3 Å². The van der Waals surface area contributed by atoms with Gasteiger partial charge in [0.25, 0.3) is 5.91 Å². The smallest absolute Gasteiger partial charge is 0.257 e. The Morgan fingerprint density at radius 3 is 2.64 bits per heavy atom. The molecule has 2 fully saturated rings. The summed E-state index contributed by atoms with van der Waals surface area (Å²) in [6.45, 7) is 1.32. The van der Waals surface area contributed by atoms with Gasteiger partial charge in [-0.25, -0.2) is 8.78 Å². The zero-order valence-electron chi connectivity index (χ0n) is 16.0.